The lowest BCUT2D eigenvalue weighted by Crippen LogP contribution is -2.00. The zero-order valence-corrected chi connectivity index (χ0v) is 6.15. The fourth-order valence-corrected chi connectivity index (χ4v) is 0.840. The second-order valence-electron chi connectivity index (χ2n) is 1.51. The molecular weight excluding hydrogens is 168 g/mol. The van der Waals surface area contributed by atoms with E-state index in [-0.39, 0.29) is 10.9 Å². The highest BCUT2D eigenvalue weighted by Gasteiger charge is 2.01. The van der Waals surface area contributed by atoms with Crippen LogP contribution in [0.1, 0.15) is 0 Å². The number of nitrogens with zero attached hydrogens (tertiary/aromatic N) is 4. The lowest BCUT2D eigenvalue weighted by atomic mass is 10.8. The molecule has 0 fully saturated rings. The first-order valence-corrected chi connectivity index (χ1v) is 3.62. The number of carbonyl (C=O) groups is 1. The summed E-state index contributed by atoms with van der Waals surface area (Å²) >= 11 is 0.982. The highest BCUT2D eigenvalue weighted by atomic mass is 32.2. The third-order valence-electron chi connectivity index (χ3n) is 0.715. The van der Waals surface area contributed by atoms with Crippen LogP contribution in [0.2, 0.25) is 0 Å². The molecule has 0 spiro atoms. The molecule has 0 atom stereocenters. The predicted molar refractivity (Wildman–Crippen MR) is 36.0 cm³/mol. The minimum atomic E-state index is -0.914. The Bertz CT molecular complexity index is 241. The molecule has 1 aromatic heterocycles. The number of thioether (sulfide) groups is 1. The Morgan fingerprint density at radius 3 is 2.73 bits per heavy atom. The first kappa shape index (κ1) is 7.86. The summed E-state index contributed by atoms with van der Waals surface area (Å²) in [6, 6.07) is 0. The number of aliphatic carboxylic acids is 1. The second-order valence-corrected chi connectivity index (χ2v) is 2.45. The SMILES string of the molecule is O=C(O)CSc1nncnn1. The van der Waals surface area contributed by atoms with Crippen LogP contribution in [0.5, 0.6) is 0 Å². The molecule has 0 aromatic carbocycles. The van der Waals surface area contributed by atoms with Gasteiger partial charge in [0.05, 0.1) is 5.75 Å². The van der Waals surface area contributed by atoms with Crippen molar-refractivity contribution in [2.45, 2.75) is 5.16 Å². The average Bonchev–Trinajstić information content (AvgIpc) is 2.03. The maximum Gasteiger partial charge on any atom is 0.313 e. The Labute approximate surface area is 66.1 Å². The number of aromatic nitrogens is 4. The van der Waals surface area contributed by atoms with Gasteiger partial charge in [0.2, 0.25) is 5.16 Å². The molecule has 1 rings (SSSR count). The van der Waals surface area contributed by atoms with Gasteiger partial charge in [-0.05, 0) is 0 Å². The monoisotopic (exact) mass is 172 g/mol. The Kier molecular flexibility index (Phi) is 2.73. The molecule has 7 heteroatoms. The van der Waals surface area contributed by atoms with E-state index in [1.165, 1.54) is 6.33 Å². The van der Waals surface area contributed by atoms with E-state index in [9.17, 15) is 4.79 Å². The van der Waals surface area contributed by atoms with Gasteiger partial charge in [0.1, 0.15) is 0 Å². The summed E-state index contributed by atoms with van der Waals surface area (Å²) < 4.78 is 0. The first-order valence-electron chi connectivity index (χ1n) is 2.64. The molecule has 1 aromatic rings. The van der Waals surface area contributed by atoms with Gasteiger partial charge in [-0.25, -0.2) is 0 Å². The molecule has 0 bridgehead atoms. The summed E-state index contributed by atoms with van der Waals surface area (Å²) in [5, 5.41) is 22.4. The summed E-state index contributed by atoms with van der Waals surface area (Å²) in [6.07, 6.45) is 1.19. The fourth-order valence-electron chi connectivity index (χ4n) is 0.378. The minimum Gasteiger partial charge on any atom is -0.481 e. The Morgan fingerprint density at radius 1 is 1.55 bits per heavy atom. The highest BCUT2D eigenvalue weighted by Crippen LogP contribution is 2.07. The van der Waals surface area contributed by atoms with Crippen molar-refractivity contribution in [2.75, 3.05) is 5.75 Å². The smallest absolute Gasteiger partial charge is 0.313 e. The minimum absolute atomic E-state index is 0.0760. The van der Waals surface area contributed by atoms with Gasteiger partial charge in [-0.1, -0.05) is 11.8 Å². The van der Waals surface area contributed by atoms with E-state index in [0.29, 0.717) is 0 Å². The zero-order chi connectivity index (χ0) is 8.10. The Hall–Kier alpha value is -1.24. The Morgan fingerprint density at radius 2 is 2.18 bits per heavy atom. The molecule has 1 N–H and O–H groups in total. The van der Waals surface area contributed by atoms with E-state index in [4.69, 9.17) is 5.11 Å². The standard InChI is InChI=1S/C4H4N4O2S/c9-3(10)1-11-4-7-5-2-6-8-4/h2H,1H2,(H,9,10). The van der Waals surface area contributed by atoms with Crippen LogP contribution in [0.15, 0.2) is 11.5 Å². The van der Waals surface area contributed by atoms with Crippen molar-refractivity contribution >= 4 is 17.7 Å². The van der Waals surface area contributed by atoms with Crippen LogP contribution in [0.25, 0.3) is 0 Å². The molecule has 6 nitrogen and oxygen atoms in total. The number of rotatable bonds is 3. The van der Waals surface area contributed by atoms with Crippen molar-refractivity contribution in [2.24, 2.45) is 0 Å². The number of carboxylic acid groups (broad SMARTS) is 1. The molecule has 0 unspecified atom stereocenters. The van der Waals surface area contributed by atoms with E-state index in [0.717, 1.165) is 11.8 Å². The maximum absolute atomic E-state index is 10.1. The quantitative estimate of drug-likeness (QED) is 0.611. The van der Waals surface area contributed by atoms with E-state index in [1.54, 1.807) is 0 Å². The van der Waals surface area contributed by atoms with Gasteiger partial charge in [0.15, 0.2) is 6.33 Å². The van der Waals surface area contributed by atoms with Crippen LogP contribution in [-0.4, -0.2) is 37.2 Å². The molecule has 1 heterocycles. The molecular formula is C4H4N4O2S. The van der Waals surface area contributed by atoms with Gasteiger partial charge in [0.25, 0.3) is 0 Å². The molecule has 0 aliphatic carbocycles. The molecule has 0 saturated heterocycles. The largest absolute Gasteiger partial charge is 0.481 e. The number of hydrogen-bond donors (Lipinski definition) is 1. The van der Waals surface area contributed by atoms with Crippen molar-refractivity contribution in [1.29, 1.82) is 0 Å². The topological polar surface area (TPSA) is 88.9 Å². The third-order valence-corrected chi connectivity index (χ3v) is 1.53. The molecule has 11 heavy (non-hydrogen) atoms. The molecule has 0 amide bonds. The maximum atomic E-state index is 10.1. The van der Waals surface area contributed by atoms with Gasteiger partial charge in [-0.2, -0.15) is 0 Å². The summed E-state index contributed by atoms with van der Waals surface area (Å²) in [7, 11) is 0. The molecule has 0 aliphatic rings. The third kappa shape index (κ3) is 2.89. The van der Waals surface area contributed by atoms with Crippen LogP contribution < -0.4 is 0 Å². The fraction of sp³-hybridized carbons (Fsp3) is 0.250. The van der Waals surface area contributed by atoms with E-state index in [2.05, 4.69) is 20.4 Å². The van der Waals surface area contributed by atoms with Crippen molar-refractivity contribution in [1.82, 2.24) is 20.4 Å². The molecule has 0 saturated carbocycles. The van der Waals surface area contributed by atoms with Gasteiger partial charge < -0.3 is 5.11 Å². The normalized spacial score (nSPS) is 9.45. The van der Waals surface area contributed by atoms with Crippen LogP contribution in [0, 0.1) is 0 Å². The van der Waals surface area contributed by atoms with Crippen molar-refractivity contribution in [3.8, 4) is 0 Å². The summed E-state index contributed by atoms with van der Waals surface area (Å²) in [5.74, 6) is -0.990. The zero-order valence-electron chi connectivity index (χ0n) is 5.34. The number of hydrogen-bond acceptors (Lipinski definition) is 6. The van der Waals surface area contributed by atoms with Crippen molar-refractivity contribution < 1.29 is 9.90 Å². The summed E-state index contributed by atoms with van der Waals surface area (Å²) in [4.78, 5) is 10.1. The lowest BCUT2D eigenvalue weighted by Gasteiger charge is -1.90. The number of carboxylic acids is 1. The summed E-state index contributed by atoms with van der Waals surface area (Å²) in [5.41, 5.74) is 0. The van der Waals surface area contributed by atoms with Crippen molar-refractivity contribution in [3.05, 3.63) is 6.33 Å². The van der Waals surface area contributed by atoms with Crippen LogP contribution >= 0.6 is 11.8 Å². The van der Waals surface area contributed by atoms with Crippen LogP contribution in [0.4, 0.5) is 0 Å². The van der Waals surface area contributed by atoms with Gasteiger partial charge in [-0.3, -0.25) is 4.79 Å². The van der Waals surface area contributed by atoms with Gasteiger partial charge >= 0.3 is 5.97 Å². The highest BCUT2D eigenvalue weighted by molar-refractivity contribution is 7.99. The van der Waals surface area contributed by atoms with E-state index >= 15 is 0 Å². The predicted octanol–water partition coefficient (Wildman–Crippen LogP) is -0.557. The molecule has 58 valence electrons. The lowest BCUT2D eigenvalue weighted by molar-refractivity contribution is -0.133. The second kappa shape index (κ2) is 3.81. The summed E-state index contributed by atoms with van der Waals surface area (Å²) in [6.45, 7) is 0. The first-order chi connectivity index (χ1) is 5.29. The van der Waals surface area contributed by atoms with E-state index < -0.39 is 5.97 Å². The van der Waals surface area contributed by atoms with Crippen molar-refractivity contribution in [3.63, 3.8) is 0 Å². The van der Waals surface area contributed by atoms with Gasteiger partial charge in [-0.15, -0.1) is 20.4 Å². The molecule has 0 radical (unpaired) electrons. The Balaban J connectivity index is 2.45. The van der Waals surface area contributed by atoms with Crippen LogP contribution in [-0.2, 0) is 4.79 Å². The average molecular weight is 172 g/mol. The van der Waals surface area contributed by atoms with Gasteiger partial charge in [0, 0.05) is 0 Å². The molecule has 0 aliphatic heterocycles. The van der Waals surface area contributed by atoms with E-state index in [1.807, 2.05) is 0 Å². The van der Waals surface area contributed by atoms with Crippen LogP contribution in [0.3, 0.4) is 0 Å².